The minimum absolute atomic E-state index is 0.0680. The Morgan fingerprint density at radius 1 is 1.48 bits per heavy atom. The van der Waals surface area contributed by atoms with Gasteiger partial charge < -0.3 is 9.84 Å². The lowest BCUT2D eigenvalue weighted by Crippen LogP contribution is -2.10. The van der Waals surface area contributed by atoms with Gasteiger partial charge in [-0.15, -0.1) is 5.10 Å². The molecular formula is C14H16BrN3O3. The third-order valence-electron chi connectivity index (χ3n) is 2.93. The zero-order valence-corrected chi connectivity index (χ0v) is 13.4. The maximum absolute atomic E-state index is 10.7. The smallest absolute Gasteiger partial charge is 0.358 e. The summed E-state index contributed by atoms with van der Waals surface area (Å²) >= 11 is 3.45. The summed E-state index contributed by atoms with van der Waals surface area (Å²) in [7, 11) is 0. The molecule has 0 radical (unpaired) electrons. The van der Waals surface area contributed by atoms with Gasteiger partial charge in [0.15, 0.2) is 5.69 Å². The van der Waals surface area contributed by atoms with Crippen molar-refractivity contribution in [2.45, 2.75) is 26.3 Å². The Morgan fingerprint density at radius 2 is 2.24 bits per heavy atom. The third-order valence-corrected chi connectivity index (χ3v) is 3.42. The van der Waals surface area contributed by atoms with Crippen LogP contribution in [0, 0.1) is 0 Å². The molecule has 0 amide bonds. The van der Waals surface area contributed by atoms with Crippen LogP contribution in [-0.2, 0) is 6.54 Å². The highest BCUT2D eigenvalue weighted by Gasteiger charge is 2.10. The van der Waals surface area contributed by atoms with E-state index in [9.17, 15) is 4.79 Å². The van der Waals surface area contributed by atoms with Crippen molar-refractivity contribution in [1.29, 1.82) is 0 Å². The van der Waals surface area contributed by atoms with E-state index in [1.54, 1.807) is 0 Å². The van der Waals surface area contributed by atoms with Crippen LogP contribution >= 0.6 is 15.9 Å². The summed E-state index contributed by atoms with van der Waals surface area (Å²) in [6.07, 6.45) is 1.39. The number of benzene rings is 1. The fraction of sp³-hybridized carbons (Fsp3) is 0.357. The molecule has 7 heteroatoms. The second-order valence-corrected chi connectivity index (χ2v) is 5.77. The zero-order valence-electron chi connectivity index (χ0n) is 11.8. The van der Waals surface area contributed by atoms with Crippen LogP contribution in [0.15, 0.2) is 28.9 Å². The van der Waals surface area contributed by atoms with Gasteiger partial charge in [-0.1, -0.05) is 35.0 Å². The van der Waals surface area contributed by atoms with E-state index in [2.05, 4.69) is 40.1 Å². The molecule has 0 aliphatic carbocycles. The van der Waals surface area contributed by atoms with Gasteiger partial charge in [0.05, 0.1) is 12.7 Å². The van der Waals surface area contributed by atoms with Gasteiger partial charge in [0, 0.05) is 4.47 Å². The monoisotopic (exact) mass is 353 g/mol. The number of halogens is 1. The van der Waals surface area contributed by atoms with Crippen molar-refractivity contribution in [3.8, 4) is 5.75 Å². The van der Waals surface area contributed by atoms with Crippen molar-refractivity contribution in [1.82, 2.24) is 15.0 Å². The van der Waals surface area contributed by atoms with Crippen LogP contribution in [0.5, 0.6) is 5.75 Å². The number of nitrogens with zero attached hydrogens (tertiary/aromatic N) is 3. The predicted molar refractivity (Wildman–Crippen MR) is 80.7 cm³/mol. The molecule has 0 fully saturated rings. The molecule has 2 aromatic rings. The van der Waals surface area contributed by atoms with E-state index < -0.39 is 5.97 Å². The number of aromatic carboxylic acids is 1. The average molecular weight is 354 g/mol. The molecule has 112 valence electrons. The second kappa shape index (κ2) is 6.71. The first-order valence-corrected chi connectivity index (χ1v) is 7.32. The number of rotatable bonds is 6. The topological polar surface area (TPSA) is 77.2 Å². The molecular weight excluding hydrogens is 338 g/mol. The molecule has 0 aliphatic heterocycles. The molecule has 0 atom stereocenters. The molecule has 0 bridgehead atoms. The Morgan fingerprint density at radius 3 is 2.86 bits per heavy atom. The SMILES string of the molecule is CC(C)c1cc(Br)ccc1OCCn1cc(C(=O)O)nn1. The predicted octanol–water partition coefficient (Wildman–Crippen LogP) is 2.94. The molecule has 1 N–H and O–H groups in total. The molecule has 0 saturated heterocycles. The van der Waals surface area contributed by atoms with Gasteiger partial charge in [0.25, 0.3) is 0 Å². The van der Waals surface area contributed by atoms with Crippen molar-refractivity contribution in [2.75, 3.05) is 6.61 Å². The highest BCUT2D eigenvalue weighted by Crippen LogP contribution is 2.29. The molecule has 0 spiro atoms. The molecule has 1 aromatic heterocycles. The van der Waals surface area contributed by atoms with E-state index in [4.69, 9.17) is 9.84 Å². The van der Waals surface area contributed by atoms with Crippen molar-refractivity contribution in [2.24, 2.45) is 0 Å². The fourth-order valence-electron chi connectivity index (χ4n) is 1.86. The van der Waals surface area contributed by atoms with Crippen molar-refractivity contribution in [3.05, 3.63) is 40.1 Å². The second-order valence-electron chi connectivity index (χ2n) is 4.86. The largest absolute Gasteiger partial charge is 0.491 e. The standard InChI is InChI=1S/C14H16BrN3O3/c1-9(2)11-7-10(15)3-4-13(11)21-6-5-18-8-12(14(19)20)16-17-18/h3-4,7-9H,5-6H2,1-2H3,(H,19,20). The normalized spacial score (nSPS) is 10.9. The van der Waals surface area contributed by atoms with E-state index in [0.29, 0.717) is 19.1 Å². The van der Waals surface area contributed by atoms with Gasteiger partial charge in [-0.25, -0.2) is 9.48 Å². The number of carbonyl (C=O) groups is 1. The number of ether oxygens (including phenoxy) is 1. The molecule has 1 heterocycles. The molecule has 2 rings (SSSR count). The Bertz CT molecular complexity index is 640. The number of aromatic nitrogens is 3. The van der Waals surface area contributed by atoms with Crippen LogP contribution in [0.3, 0.4) is 0 Å². The quantitative estimate of drug-likeness (QED) is 0.863. The highest BCUT2D eigenvalue weighted by atomic mass is 79.9. The van der Waals surface area contributed by atoms with Gasteiger partial charge >= 0.3 is 5.97 Å². The Labute approximate surface area is 130 Å². The average Bonchev–Trinajstić information content (AvgIpc) is 2.89. The van der Waals surface area contributed by atoms with E-state index in [0.717, 1.165) is 15.8 Å². The number of hydrogen-bond acceptors (Lipinski definition) is 4. The van der Waals surface area contributed by atoms with Crippen LogP contribution < -0.4 is 4.74 Å². The van der Waals surface area contributed by atoms with Gasteiger partial charge in [-0.2, -0.15) is 0 Å². The third kappa shape index (κ3) is 4.04. The first-order chi connectivity index (χ1) is 9.97. The molecule has 1 aromatic carbocycles. The Kier molecular flexibility index (Phi) is 4.95. The highest BCUT2D eigenvalue weighted by molar-refractivity contribution is 9.10. The summed E-state index contributed by atoms with van der Waals surface area (Å²) < 4.78 is 8.24. The van der Waals surface area contributed by atoms with Crippen LogP contribution in [0.25, 0.3) is 0 Å². The summed E-state index contributed by atoms with van der Waals surface area (Å²) in [6, 6.07) is 5.89. The van der Waals surface area contributed by atoms with Crippen molar-refractivity contribution >= 4 is 21.9 Å². The number of carboxylic acid groups (broad SMARTS) is 1. The summed E-state index contributed by atoms with van der Waals surface area (Å²) in [6.45, 7) is 5.04. The summed E-state index contributed by atoms with van der Waals surface area (Å²) in [5.41, 5.74) is 1.05. The summed E-state index contributed by atoms with van der Waals surface area (Å²) in [5.74, 6) is 0.0893. The van der Waals surface area contributed by atoms with Gasteiger partial charge in [-0.05, 0) is 29.7 Å². The first-order valence-electron chi connectivity index (χ1n) is 6.53. The Hall–Kier alpha value is -1.89. The lowest BCUT2D eigenvalue weighted by molar-refractivity contribution is 0.0690. The maximum Gasteiger partial charge on any atom is 0.358 e. The molecule has 21 heavy (non-hydrogen) atoms. The minimum atomic E-state index is -1.09. The Balaban J connectivity index is 1.98. The van der Waals surface area contributed by atoms with E-state index in [-0.39, 0.29) is 5.69 Å². The minimum Gasteiger partial charge on any atom is -0.491 e. The fourth-order valence-corrected chi connectivity index (χ4v) is 2.24. The number of carboxylic acids is 1. The van der Waals surface area contributed by atoms with Gasteiger partial charge in [0.1, 0.15) is 12.4 Å². The number of hydrogen-bond donors (Lipinski definition) is 1. The molecule has 0 saturated carbocycles. The summed E-state index contributed by atoms with van der Waals surface area (Å²) in [4.78, 5) is 10.7. The van der Waals surface area contributed by atoms with Crippen LogP contribution in [0.2, 0.25) is 0 Å². The lowest BCUT2D eigenvalue weighted by Gasteiger charge is -2.14. The first kappa shape index (κ1) is 15.5. The van der Waals surface area contributed by atoms with Gasteiger partial charge in [0.2, 0.25) is 0 Å². The van der Waals surface area contributed by atoms with Crippen LogP contribution in [0.4, 0.5) is 0 Å². The lowest BCUT2D eigenvalue weighted by atomic mass is 10.0. The van der Waals surface area contributed by atoms with E-state index in [1.165, 1.54) is 10.9 Å². The summed E-state index contributed by atoms with van der Waals surface area (Å²) in [5, 5.41) is 16.1. The molecule has 0 unspecified atom stereocenters. The van der Waals surface area contributed by atoms with Crippen LogP contribution in [-0.4, -0.2) is 32.7 Å². The van der Waals surface area contributed by atoms with Crippen LogP contribution in [0.1, 0.15) is 35.8 Å². The molecule has 6 nitrogen and oxygen atoms in total. The zero-order chi connectivity index (χ0) is 15.4. The molecule has 0 aliphatic rings. The maximum atomic E-state index is 10.7. The van der Waals surface area contributed by atoms with Crippen molar-refractivity contribution < 1.29 is 14.6 Å². The van der Waals surface area contributed by atoms with E-state index >= 15 is 0 Å². The van der Waals surface area contributed by atoms with Gasteiger partial charge in [-0.3, -0.25) is 0 Å². The van der Waals surface area contributed by atoms with E-state index in [1.807, 2.05) is 18.2 Å². The van der Waals surface area contributed by atoms with Crippen molar-refractivity contribution in [3.63, 3.8) is 0 Å².